The number of hydrogen-bond donors (Lipinski definition) is 2. The maximum Gasteiger partial charge on any atom is 0.280 e. The Labute approximate surface area is 151 Å². The number of nitrogens with zero attached hydrogens (tertiary/aromatic N) is 1. The van der Waals surface area contributed by atoms with E-state index in [4.69, 9.17) is 11.5 Å². The van der Waals surface area contributed by atoms with Crippen molar-refractivity contribution in [2.75, 3.05) is 6.26 Å². The molecule has 0 aromatic heterocycles. The zero-order valence-corrected chi connectivity index (χ0v) is 15.7. The lowest BCUT2D eigenvalue weighted by Crippen LogP contribution is -2.24. The Morgan fingerprint density at radius 2 is 1.80 bits per heavy atom. The van der Waals surface area contributed by atoms with Gasteiger partial charge in [-0.25, -0.2) is 8.42 Å². The lowest BCUT2D eigenvalue weighted by molar-refractivity contribution is 0.100. The topological polar surface area (TPSA) is 116 Å². The fourth-order valence-corrected chi connectivity index (χ4v) is 4.62. The first-order chi connectivity index (χ1) is 11.6. The van der Waals surface area contributed by atoms with Gasteiger partial charge in [0, 0.05) is 21.6 Å². The maximum absolute atomic E-state index is 12.2. The lowest BCUT2D eigenvalue weighted by Gasteiger charge is -2.12. The quantitative estimate of drug-likeness (QED) is 0.624. The van der Waals surface area contributed by atoms with E-state index in [9.17, 15) is 13.2 Å². The van der Waals surface area contributed by atoms with Gasteiger partial charge in [-0.05, 0) is 43.7 Å². The smallest absolute Gasteiger partial charge is 0.280 e. The number of nitrogens with two attached hydrogens (primary N) is 2. The van der Waals surface area contributed by atoms with E-state index in [-0.39, 0.29) is 16.4 Å². The number of amides is 1. The lowest BCUT2D eigenvalue weighted by atomic mass is 10.1. The van der Waals surface area contributed by atoms with Crippen LogP contribution in [0.25, 0.3) is 0 Å². The van der Waals surface area contributed by atoms with Crippen LogP contribution in [0.3, 0.4) is 0 Å². The Hall–Kier alpha value is -2.32. The van der Waals surface area contributed by atoms with Gasteiger partial charge in [-0.15, -0.1) is 0 Å². The van der Waals surface area contributed by atoms with Crippen LogP contribution in [-0.2, 0) is 9.84 Å². The first kappa shape index (κ1) is 19.0. The van der Waals surface area contributed by atoms with E-state index in [0.717, 1.165) is 16.7 Å². The van der Waals surface area contributed by atoms with Gasteiger partial charge in [0.25, 0.3) is 5.91 Å². The van der Waals surface area contributed by atoms with E-state index >= 15 is 0 Å². The Morgan fingerprint density at radius 3 is 2.36 bits per heavy atom. The molecule has 0 fully saturated rings. The maximum atomic E-state index is 12.2. The Balaban J connectivity index is 2.59. The molecule has 0 atom stereocenters. The summed E-state index contributed by atoms with van der Waals surface area (Å²) in [5.74, 6) is -1.04. The van der Waals surface area contributed by atoms with Crippen molar-refractivity contribution in [3.63, 3.8) is 0 Å². The molecule has 2 rings (SSSR count). The minimum atomic E-state index is -3.55. The summed E-state index contributed by atoms with van der Waals surface area (Å²) in [5, 5.41) is 0. The summed E-state index contributed by atoms with van der Waals surface area (Å²) in [7, 11) is -3.55. The molecule has 6 nitrogen and oxygen atoms in total. The number of guanidine groups is 1. The molecule has 0 radical (unpaired) electrons. The van der Waals surface area contributed by atoms with Crippen LogP contribution in [0.4, 0.5) is 0 Å². The highest BCUT2D eigenvalue weighted by Crippen LogP contribution is 2.35. The van der Waals surface area contributed by atoms with Crippen molar-refractivity contribution in [3.05, 3.63) is 53.1 Å². The fraction of sp³-hybridized carbons (Fsp3) is 0.176. The summed E-state index contributed by atoms with van der Waals surface area (Å²) in [5.41, 5.74) is 12.3. The van der Waals surface area contributed by atoms with Crippen molar-refractivity contribution in [2.45, 2.75) is 28.5 Å². The number of carbonyl (C=O) groups is 1. The number of sulfone groups is 1. The molecule has 25 heavy (non-hydrogen) atoms. The van der Waals surface area contributed by atoms with Crippen LogP contribution < -0.4 is 11.5 Å². The summed E-state index contributed by atoms with van der Waals surface area (Å²) < 4.78 is 24.4. The molecule has 1 amide bonds. The standard InChI is InChI=1S/C17H19N3O3S2/c1-10-5-4-6-12(7-10)24-14-8-11(2)13(16(21)20-17(18)19)9-15(14)25(3,22)23/h4-9H,1-3H3,(H4,18,19,20,21). The van der Waals surface area contributed by atoms with Gasteiger partial charge in [0.1, 0.15) is 0 Å². The summed E-state index contributed by atoms with van der Waals surface area (Å²) >= 11 is 1.33. The van der Waals surface area contributed by atoms with Gasteiger partial charge in [0.15, 0.2) is 15.8 Å². The third-order valence-electron chi connectivity index (χ3n) is 3.37. The second kappa shape index (κ2) is 7.28. The fourth-order valence-electron chi connectivity index (χ4n) is 2.24. The molecule has 2 aromatic rings. The molecule has 2 aromatic carbocycles. The average Bonchev–Trinajstić information content (AvgIpc) is 2.45. The average molecular weight is 377 g/mol. The van der Waals surface area contributed by atoms with Gasteiger partial charge in [-0.1, -0.05) is 29.5 Å². The van der Waals surface area contributed by atoms with Crippen LogP contribution in [0.15, 0.2) is 56.1 Å². The van der Waals surface area contributed by atoms with Crippen molar-refractivity contribution < 1.29 is 13.2 Å². The third-order valence-corrected chi connectivity index (χ3v) is 5.68. The first-order valence-corrected chi connectivity index (χ1v) is 10.0. The largest absolute Gasteiger partial charge is 0.370 e. The molecule has 0 bridgehead atoms. The van der Waals surface area contributed by atoms with Crippen LogP contribution in [0.5, 0.6) is 0 Å². The van der Waals surface area contributed by atoms with Gasteiger partial charge >= 0.3 is 0 Å². The summed E-state index contributed by atoms with van der Waals surface area (Å²) in [6.45, 7) is 3.67. The van der Waals surface area contributed by atoms with Crippen molar-refractivity contribution in [1.82, 2.24) is 0 Å². The first-order valence-electron chi connectivity index (χ1n) is 7.31. The molecule has 0 saturated carbocycles. The van der Waals surface area contributed by atoms with Gasteiger partial charge in [-0.3, -0.25) is 4.79 Å². The van der Waals surface area contributed by atoms with Gasteiger partial charge in [0.2, 0.25) is 0 Å². The summed E-state index contributed by atoms with van der Waals surface area (Å²) in [6.07, 6.45) is 1.10. The number of aryl methyl sites for hydroxylation is 2. The molecular formula is C17H19N3O3S2. The highest BCUT2D eigenvalue weighted by Gasteiger charge is 2.20. The second-order valence-electron chi connectivity index (χ2n) is 5.65. The van der Waals surface area contributed by atoms with Gasteiger partial charge in [0.05, 0.1) is 4.90 Å². The molecule has 0 heterocycles. The zero-order chi connectivity index (χ0) is 18.8. The Bertz CT molecular complexity index is 963. The van der Waals surface area contributed by atoms with Crippen LogP contribution in [0, 0.1) is 13.8 Å². The highest BCUT2D eigenvalue weighted by molar-refractivity contribution is 8.00. The number of aliphatic imine (C=N–C) groups is 1. The number of hydrogen-bond acceptors (Lipinski definition) is 4. The van der Waals surface area contributed by atoms with Gasteiger partial charge < -0.3 is 11.5 Å². The van der Waals surface area contributed by atoms with E-state index in [0.29, 0.717) is 10.5 Å². The molecule has 0 spiro atoms. The molecule has 4 N–H and O–H groups in total. The predicted octanol–water partition coefficient (Wildman–Crippen LogP) is 2.27. The van der Waals surface area contributed by atoms with E-state index in [1.807, 2.05) is 31.2 Å². The minimum Gasteiger partial charge on any atom is -0.370 e. The SMILES string of the molecule is Cc1cccc(Sc2cc(C)c(C(=O)N=C(N)N)cc2S(C)(=O)=O)c1. The molecule has 0 aliphatic heterocycles. The molecule has 8 heteroatoms. The monoisotopic (exact) mass is 377 g/mol. The normalized spacial score (nSPS) is 11.2. The van der Waals surface area contributed by atoms with Crippen LogP contribution in [0.2, 0.25) is 0 Å². The molecule has 132 valence electrons. The van der Waals surface area contributed by atoms with Gasteiger partial charge in [-0.2, -0.15) is 4.99 Å². The predicted molar refractivity (Wildman–Crippen MR) is 99.7 cm³/mol. The molecule has 0 saturated heterocycles. The summed E-state index contributed by atoms with van der Waals surface area (Å²) in [4.78, 5) is 17.1. The van der Waals surface area contributed by atoms with E-state index < -0.39 is 15.7 Å². The second-order valence-corrected chi connectivity index (χ2v) is 8.75. The van der Waals surface area contributed by atoms with Crippen molar-refractivity contribution in [2.24, 2.45) is 16.5 Å². The number of rotatable bonds is 4. The minimum absolute atomic E-state index is 0.0683. The van der Waals surface area contributed by atoms with Crippen molar-refractivity contribution in [1.29, 1.82) is 0 Å². The Morgan fingerprint density at radius 1 is 1.12 bits per heavy atom. The number of benzene rings is 2. The van der Waals surface area contributed by atoms with Crippen LogP contribution in [0.1, 0.15) is 21.5 Å². The van der Waals surface area contributed by atoms with E-state index in [1.54, 1.807) is 13.0 Å². The highest BCUT2D eigenvalue weighted by atomic mass is 32.2. The molecular weight excluding hydrogens is 358 g/mol. The van der Waals surface area contributed by atoms with Crippen molar-refractivity contribution >= 4 is 33.5 Å². The van der Waals surface area contributed by atoms with Crippen LogP contribution >= 0.6 is 11.8 Å². The molecule has 0 aliphatic rings. The van der Waals surface area contributed by atoms with Crippen LogP contribution in [-0.4, -0.2) is 26.5 Å². The zero-order valence-electron chi connectivity index (χ0n) is 14.1. The van der Waals surface area contributed by atoms with E-state index in [1.165, 1.54) is 17.8 Å². The molecule has 0 unspecified atom stereocenters. The summed E-state index contributed by atoms with van der Waals surface area (Å²) in [6, 6.07) is 10.7. The van der Waals surface area contributed by atoms with Crippen molar-refractivity contribution in [3.8, 4) is 0 Å². The van der Waals surface area contributed by atoms with E-state index in [2.05, 4.69) is 4.99 Å². The third kappa shape index (κ3) is 4.83. The Kier molecular flexibility index (Phi) is 5.54. The molecule has 0 aliphatic carbocycles. The number of carbonyl (C=O) groups excluding carboxylic acids is 1.